The smallest absolute Gasteiger partial charge is 0.254 e. The minimum Gasteiger partial charge on any atom is -0.350 e. The van der Waals surface area contributed by atoms with E-state index < -0.39 is 0 Å². The summed E-state index contributed by atoms with van der Waals surface area (Å²) in [5, 5.41) is 2.81. The van der Waals surface area contributed by atoms with E-state index in [2.05, 4.69) is 15.3 Å². The Morgan fingerprint density at radius 2 is 1.75 bits per heavy atom. The van der Waals surface area contributed by atoms with Crippen LogP contribution in [0.2, 0.25) is 0 Å². The minimum absolute atomic E-state index is 0.0918. The topological polar surface area (TPSA) is 58.1 Å². The van der Waals surface area contributed by atoms with Gasteiger partial charge >= 0.3 is 0 Å². The van der Waals surface area contributed by atoms with Crippen LogP contribution < -0.4 is 10.2 Å². The number of anilines is 2. The van der Waals surface area contributed by atoms with Crippen LogP contribution in [-0.4, -0.2) is 29.0 Å². The van der Waals surface area contributed by atoms with E-state index >= 15 is 0 Å². The second-order valence-electron chi connectivity index (χ2n) is 4.79. The number of benzene rings is 1. The molecule has 0 aliphatic rings. The lowest BCUT2D eigenvalue weighted by Crippen LogP contribution is -2.30. The van der Waals surface area contributed by atoms with Gasteiger partial charge in [0.05, 0.1) is 5.56 Å². The largest absolute Gasteiger partial charge is 0.350 e. The van der Waals surface area contributed by atoms with Gasteiger partial charge in [-0.25, -0.2) is 9.97 Å². The Hall–Kier alpha value is -2.43. The third-order valence-electron chi connectivity index (χ3n) is 2.76. The van der Waals surface area contributed by atoms with Gasteiger partial charge in [0.1, 0.15) is 0 Å². The van der Waals surface area contributed by atoms with Gasteiger partial charge in [-0.15, -0.1) is 0 Å². The summed E-state index contributed by atoms with van der Waals surface area (Å²) in [4.78, 5) is 22.1. The van der Waals surface area contributed by atoms with E-state index in [1.807, 2.05) is 56.1 Å². The average Bonchev–Trinajstić information content (AvgIpc) is 2.47. The van der Waals surface area contributed by atoms with Crippen LogP contribution in [0.4, 0.5) is 11.6 Å². The molecular formula is C15H18N4O. The van der Waals surface area contributed by atoms with Crippen molar-refractivity contribution in [1.82, 2.24) is 15.3 Å². The maximum Gasteiger partial charge on any atom is 0.254 e. The molecule has 1 N–H and O–H groups in total. The van der Waals surface area contributed by atoms with Gasteiger partial charge in [-0.2, -0.15) is 0 Å². The third-order valence-corrected chi connectivity index (χ3v) is 2.76. The summed E-state index contributed by atoms with van der Waals surface area (Å²) in [5.74, 6) is 0.395. The second-order valence-corrected chi connectivity index (χ2v) is 4.79. The first-order valence-electron chi connectivity index (χ1n) is 6.49. The van der Waals surface area contributed by atoms with Crippen LogP contribution in [0.15, 0.2) is 42.7 Å². The summed E-state index contributed by atoms with van der Waals surface area (Å²) in [6, 6.07) is 9.91. The number of carbonyl (C=O) groups excluding carboxylic acids is 1. The van der Waals surface area contributed by atoms with E-state index in [0.29, 0.717) is 11.5 Å². The zero-order valence-corrected chi connectivity index (χ0v) is 11.9. The molecule has 0 atom stereocenters. The predicted octanol–water partition coefficient (Wildman–Crippen LogP) is 2.38. The molecule has 2 aromatic rings. The first-order valence-corrected chi connectivity index (χ1v) is 6.49. The van der Waals surface area contributed by atoms with Crippen LogP contribution in [0.25, 0.3) is 0 Å². The number of hydrogen-bond donors (Lipinski definition) is 1. The van der Waals surface area contributed by atoms with Gasteiger partial charge in [0.25, 0.3) is 5.91 Å². The van der Waals surface area contributed by atoms with Crippen LogP contribution in [0, 0.1) is 0 Å². The van der Waals surface area contributed by atoms with Crippen molar-refractivity contribution in [3.63, 3.8) is 0 Å². The maximum absolute atomic E-state index is 11.8. The van der Waals surface area contributed by atoms with Gasteiger partial charge in [-0.1, -0.05) is 18.2 Å². The van der Waals surface area contributed by atoms with E-state index in [1.54, 1.807) is 12.4 Å². The molecule has 1 amide bonds. The molecule has 0 radical (unpaired) electrons. The van der Waals surface area contributed by atoms with Crippen molar-refractivity contribution in [1.29, 1.82) is 0 Å². The van der Waals surface area contributed by atoms with Crippen molar-refractivity contribution < 1.29 is 4.79 Å². The summed E-state index contributed by atoms with van der Waals surface area (Å²) in [6.07, 6.45) is 3.08. The zero-order valence-electron chi connectivity index (χ0n) is 11.9. The minimum atomic E-state index is -0.158. The van der Waals surface area contributed by atoms with Crippen molar-refractivity contribution in [3.8, 4) is 0 Å². The molecule has 0 saturated heterocycles. The molecule has 5 heteroatoms. The quantitative estimate of drug-likeness (QED) is 0.926. The van der Waals surface area contributed by atoms with Gasteiger partial charge in [0.2, 0.25) is 5.95 Å². The lowest BCUT2D eigenvalue weighted by Gasteiger charge is -2.17. The number of aromatic nitrogens is 2. The summed E-state index contributed by atoms with van der Waals surface area (Å²) in [5.41, 5.74) is 1.45. The number of hydrogen-bond acceptors (Lipinski definition) is 4. The van der Waals surface area contributed by atoms with Crippen molar-refractivity contribution in [2.24, 2.45) is 0 Å². The standard InChI is InChI=1S/C15H18N4O/c1-11(2)18-14(20)12-9-16-15(17-10-12)19(3)13-7-5-4-6-8-13/h4-11H,1-3H3,(H,18,20). The first-order chi connectivity index (χ1) is 9.58. The van der Waals surface area contributed by atoms with E-state index in [9.17, 15) is 4.79 Å². The molecular weight excluding hydrogens is 252 g/mol. The molecule has 20 heavy (non-hydrogen) atoms. The van der Waals surface area contributed by atoms with Crippen molar-refractivity contribution in [2.75, 3.05) is 11.9 Å². The van der Waals surface area contributed by atoms with Crippen molar-refractivity contribution in [2.45, 2.75) is 19.9 Å². The summed E-state index contributed by atoms with van der Waals surface area (Å²) in [6.45, 7) is 3.83. The highest BCUT2D eigenvalue weighted by atomic mass is 16.1. The Kier molecular flexibility index (Phi) is 4.30. The van der Waals surface area contributed by atoms with Gasteiger partial charge in [-0.05, 0) is 26.0 Å². The molecule has 0 bridgehead atoms. The number of nitrogens with zero attached hydrogens (tertiary/aromatic N) is 3. The molecule has 0 aliphatic heterocycles. The van der Waals surface area contributed by atoms with Crippen molar-refractivity contribution in [3.05, 3.63) is 48.3 Å². The fourth-order valence-corrected chi connectivity index (χ4v) is 1.72. The second kappa shape index (κ2) is 6.14. The molecule has 0 spiro atoms. The Morgan fingerprint density at radius 3 is 2.30 bits per heavy atom. The molecule has 0 fully saturated rings. The van der Waals surface area contributed by atoms with Crippen LogP contribution in [-0.2, 0) is 0 Å². The Labute approximate surface area is 118 Å². The molecule has 2 rings (SSSR count). The summed E-state index contributed by atoms with van der Waals surface area (Å²) >= 11 is 0. The fourth-order valence-electron chi connectivity index (χ4n) is 1.72. The lowest BCUT2D eigenvalue weighted by molar-refractivity contribution is 0.0942. The van der Waals surface area contributed by atoms with Crippen LogP contribution in [0.5, 0.6) is 0 Å². The summed E-state index contributed by atoms with van der Waals surface area (Å²) < 4.78 is 0. The summed E-state index contributed by atoms with van der Waals surface area (Å²) in [7, 11) is 1.89. The Bertz CT molecular complexity index is 566. The number of rotatable bonds is 4. The number of nitrogens with one attached hydrogen (secondary N) is 1. The van der Waals surface area contributed by atoms with E-state index in [0.717, 1.165) is 5.69 Å². The Balaban J connectivity index is 2.14. The number of amides is 1. The fraction of sp³-hybridized carbons (Fsp3) is 0.267. The van der Waals surface area contributed by atoms with E-state index in [-0.39, 0.29) is 11.9 Å². The maximum atomic E-state index is 11.8. The van der Waals surface area contributed by atoms with Gasteiger partial charge in [0, 0.05) is 31.2 Å². The highest BCUT2D eigenvalue weighted by Crippen LogP contribution is 2.18. The van der Waals surface area contributed by atoms with Gasteiger partial charge in [0.15, 0.2) is 0 Å². The first kappa shape index (κ1) is 14.0. The van der Waals surface area contributed by atoms with Crippen LogP contribution in [0.3, 0.4) is 0 Å². The third kappa shape index (κ3) is 3.32. The lowest BCUT2D eigenvalue weighted by atomic mass is 10.3. The SMILES string of the molecule is CC(C)NC(=O)c1cnc(N(C)c2ccccc2)nc1. The number of para-hydroxylation sites is 1. The highest BCUT2D eigenvalue weighted by Gasteiger charge is 2.10. The number of carbonyl (C=O) groups is 1. The normalized spacial score (nSPS) is 10.4. The molecule has 0 saturated carbocycles. The Morgan fingerprint density at radius 1 is 1.15 bits per heavy atom. The molecule has 0 aliphatic carbocycles. The zero-order chi connectivity index (χ0) is 14.5. The molecule has 1 heterocycles. The molecule has 1 aromatic heterocycles. The van der Waals surface area contributed by atoms with Crippen LogP contribution in [0.1, 0.15) is 24.2 Å². The van der Waals surface area contributed by atoms with E-state index in [1.165, 1.54) is 0 Å². The van der Waals surface area contributed by atoms with Crippen molar-refractivity contribution >= 4 is 17.5 Å². The van der Waals surface area contributed by atoms with Gasteiger partial charge in [-0.3, -0.25) is 4.79 Å². The average molecular weight is 270 g/mol. The monoisotopic (exact) mass is 270 g/mol. The molecule has 1 aromatic carbocycles. The molecule has 0 unspecified atom stereocenters. The highest BCUT2D eigenvalue weighted by molar-refractivity contribution is 5.93. The molecule has 5 nitrogen and oxygen atoms in total. The van der Waals surface area contributed by atoms with Crippen LogP contribution >= 0.6 is 0 Å². The molecule has 104 valence electrons. The van der Waals surface area contributed by atoms with Gasteiger partial charge < -0.3 is 10.2 Å². The van der Waals surface area contributed by atoms with E-state index in [4.69, 9.17) is 0 Å². The predicted molar refractivity (Wildman–Crippen MR) is 79.1 cm³/mol.